The van der Waals surface area contributed by atoms with Gasteiger partial charge in [0.15, 0.2) is 0 Å². The molecule has 0 spiro atoms. The molecule has 0 aliphatic rings. The third kappa shape index (κ3) is 3.45. The number of hydrogen-bond donors (Lipinski definition) is 0. The number of halogens is 1. The Morgan fingerprint density at radius 1 is 0.800 bits per heavy atom. The Labute approximate surface area is 105 Å². The summed E-state index contributed by atoms with van der Waals surface area (Å²) in [6, 6.07) is 21.3. The van der Waals surface area contributed by atoms with Gasteiger partial charge in [0.25, 0.3) is 0 Å². The van der Waals surface area contributed by atoms with Crippen LogP contribution in [0.3, 0.4) is 0 Å². The minimum absolute atomic E-state index is 1.36. The molecule has 2 aromatic rings. The van der Waals surface area contributed by atoms with Gasteiger partial charge in [-0.25, -0.2) is 0 Å². The quantitative estimate of drug-likeness (QED) is 0.773. The van der Waals surface area contributed by atoms with Crippen molar-refractivity contribution in [2.75, 3.05) is 0 Å². The van der Waals surface area contributed by atoms with Crippen molar-refractivity contribution in [3.05, 3.63) is 60.7 Å². The van der Waals surface area contributed by atoms with E-state index in [-0.39, 0.29) is 0 Å². The Bertz CT molecular complexity index is 404. The van der Waals surface area contributed by atoms with Gasteiger partial charge in [0.1, 0.15) is 0 Å². The van der Waals surface area contributed by atoms with Gasteiger partial charge >= 0.3 is 106 Å². The zero-order valence-corrected chi connectivity index (χ0v) is 13.0. The van der Waals surface area contributed by atoms with Crippen molar-refractivity contribution in [3.8, 4) is 0 Å². The first-order chi connectivity index (χ1) is 7.36. The van der Waals surface area contributed by atoms with E-state index >= 15 is 0 Å². The Balaban J connectivity index is 2.08. The average molecular weight is 336 g/mol. The van der Waals surface area contributed by atoms with Gasteiger partial charge in [0.05, 0.1) is 0 Å². The topological polar surface area (TPSA) is 0 Å². The molecule has 0 saturated carbocycles. The summed E-state index contributed by atoms with van der Waals surface area (Å²) in [6.07, 6.45) is 0. The molecule has 0 saturated heterocycles. The summed E-state index contributed by atoms with van der Waals surface area (Å²) in [6.45, 7) is 0. The van der Waals surface area contributed by atoms with Gasteiger partial charge in [0.2, 0.25) is 0 Å². The van der Waals surface area contributed by atoms with E-state index in [0.29, 0.717) is 0 Å². The molecule has 3 heteroatoms. The molecule has 0 aromatic heterocycles. The van der Waals surface area contributed by atoms with Crippen molar-refractivity contribution in [2.45, 2.75) is 4.90 Å². The summed E-state index contributed by atoms with van der Waals surface area (Å²) in [4.78, 5) is 1.36. The second-order valence-electron chi connectivity index (χ2n) is 3.16. The van der Waals surface area contributed by atoms with Crippen LogP contribution in [0.2, 0.25) is 0 Å². The molecular formula is C12H10BrGaS. The third-order valence-corrected chi connectivity index (χ3v) is 14.8. The fourth-order valence-corrected chi connectivity index (χ4v) is 12.2. The second kappa shape index (κ2) is 5.85. The molecular weight excluding hydrogens is 326 g/mol. The van der Waals surface area contributed by atoms with Crippen LogP contribution in [0.4, 0.5) is 0 Å². The number of benzene rings is 2. The fraction of sp³-hybridized carbons (Fsp3) is 0. The van der Waals surface area contributed by atoms with E-state index in [2.05, 4.69) is 74.2 Å². The molecule has 0 nitrogen and oxygen atoms in total. The molecule has 15 heavy (non-hydrogen) atoms. The van der Waals surface area contributed by atoms with Gasteiger partial charge < -0.3 is 0 Å². The Morgan fingerprint density at radius 3 is 1.93 bits per heavy atom. The molecule has 0 bridgehead atoms. The summed E-state index contributed by atoms with van der Waals surface area (Å²) in [7, 11) is 2.00. The zero-order valence-electron chi connectivity index (χ0n) is 8.14. The summed E-state index contributed by atoms with van der Waals surface area (Å²) < 4.78 is 1.49. The monoisotopic (exact) mass is 334 g/mol. The number of hydrogen-bond acceptors (Lipinski definition) is 1. The molecule has 0 unspecified atom stereocenters. The first-order valence-electron chi connectivity index (χ1n) is 4.77. The van der Waals surface area contributed by atoms with Crippen molar-refractivity contribution in [3.63, 3.8) is 0 Å². The molecule has 2 rings (SSSR count). The summed E-state index contributed by atoms with van der Waals surface area (Å²) >= 11 is 2.33. The molecule has 0 radical (unpaired) electrons. The van der Waals surface area contributed by atoms with Crippen LogP contribution >= 0.6 is 23.3 Å². The van der Waals surface area contributed by atoms with Crippen LogP contribution in [0.1, 0.15) is 0 Å². The standard InChI is InChI=1S/C6H6S.C6H5.BrH.Ga/c7-6-4-2-1-3-5-6;1-2-4-6-5-3-1;;/h1-5,7H;1-5H;1H;/q;;;+2/p-2. The van der Waals surface area contributed by atoms with Crippen molar-refractivity contribution < 1.29 is 0 Å². The van der Waals surface area contributed by atoms with Crippen LogP contribution in [0, 0.1) is 0 Å². The van der Waals surface area contributed by atoms with Crippen LogP contribution in [0.15, 0.2) is 65.6 Å². The molecule has 0 heterocycles. The minimum atomic E-state index is -1.54. The van der Waals surface area contributed by atoms with E-state index < -0.39 is 13.0 Å². The van der Waals surface area contributed by atoms with Gasteiger partial charge in [-0.1, -0.05) is 0 Å². The molecule has 0 aliphatic heterocycles. The maximum absolute atomic E-state index is 3.87. The number of rotatable bonds is 3. The summed E-state index contributed by atoms with van der Waals surface area (Å²) in [5.41, 5.74) is 0. The van der Waals surface area contributed by atoms with Crippen molar-refractivity contribution in [1.29, 1.82) is 0 Å². The van der Waals surface area contributed by atoms with Gasteiger partial charge in [-0.2, -0.15) is 0 Å². The molecule has 2 aromatic carbocycles. The van der Waals surface area contributed by atoms with E-state index in [0.717, 1.165) is 0 Å². The SMILES string of the molecule is [Br][Ga]([S]c1ccccc1)[c]1ccccc1. The Hall–Kier alpha value is -0.0936. The predicted molar refractivity (Wildman–Crippen MR) is 73.1 cm³/mol. The van der Waals surface area contributed by atoms with Crippen LogP contribution in [-0.4, -0.2) is 13.0 Å². The first-order valence-corrected chi connectivity index (χ1v) is 15.5. The van der Waals surface area contributed by atoms with Gasteiger partial charge in [-0.3, -0.25) is 0 Å². The Kier molecular flexibility index (Phi) is 4.44. The van der Waals surface area contributed by atoms with Crippen LogP contribution in [0.25, 0.3) is 0 Å². The average Bonchev–Trinajstić information content (AvgIpc) is 2.31. The fourth-order valence-electron chi connectivity index (χ4n) is 1.29. The summed E-state index contributed by atoms with van der Waals surface area (Å²) in [5.74, 6) is 0. The van der Waals surface area contributed by atoms with E-state index in [9.17, 15) is 0 Å². The van der Waals surface area contributed by atoms with Gasteiger partial charge in [-0.15, -0.1) is 0 Å². The second-order valence-corrected chi connectivity index (χ2v) is 18.4. The maximum atomic E-state index is 3.87. The van der Waals surface area contributed by atoms with Crippen LogP contribution < -0.4 is 4.12 Å². The molecule has 0 fully saturated rings. The van der Waals surface area contributed by atoms with Crippen molar-refractivity contribution in [1.82, 2.24) is 0 Å². The van der Waals surface area contributed by atoms with Crippen LogP contribution in [0.5, 0.6) is 0 Å². The Morgan fingerprint density at radius 2 is 1.33 bits per heavy atom. The van der Waals surface area contributed by atoms with Gasteiger partial charge in [0, 0.05) is 0 Å². The molecule has 0 N–H and O–H groups in total. The van der Waals surface area contributed by atoms with Gasteiger partial charge in [-0.05, 0) is 0 Å². The first kappa shape index (κ1) is 11.4. The zero-order chi connectivity index (χ0) is 10.5. The van der Waals surface area contributed by atoms with E-state index in [1.807, 2.05) is 9.70 Å². The summed E-state index contributed by atoms with van der Waals surface area (Å²) in [5, 5.41) is 0. The molecule has 0 atom stereocenters. The van der Waals surface area contributed by atoms with Crippen LogP contribution in [-0.2, 0) is 0 Å². The van der Waals surface area contributed by atoms with E-state index in [4.69, 9.17) is 0 Å². The predicted octanol–water partition coefficient (Wildman–Crippen LogP) is 3.57. The molecule has 0 aliphatic carbocycles. The molecule has 74 valence electrons. The van der Waals surface area contributed by atoms with Crippen molar-refractivity contribution in [2.24, 2.45) is 0 Å². The van der Waals surface area contributed by atoms with E-state index in [1.165, 1.54) is 9.01 Å². The van der Waals surface area contributed by atoms with E-state index in [1.54, 1.807) is 0 Å². The third-order valence-electron chi connectivity index (χ3n) is 2.04. The normalized spacial score (nSPS) is 9.93. The molecule has 0 amide bonds. The van der Waals surface area contributed by atoms with Crippen molar-refractivity contribution >= 4 is 40.4 Å².